The highest BCUT2D eigenvalue weighted by Gasteiger charge is 2.11. The van der Waals surface area contributed by atoms with Crippen molar-refractivity contribution in [2.24, 2.45) is 10.9 Å². The van der Waals surface area contributed by atoms with E-state index < -0.39 is 0 Å². The number of aliphatic imine (C=N–C) groups is 1. The van der Waals surface area contributed by atoms with Gasteiger partial charge in [-0.3, -0.25) is 4.99 Å². The second-order valence-electron chi connectivity index (χ2n) is 5.63. The van der Waals surface area contributed by atoms with Gasteiger partial charge in [-0.1, -0.05) is 43.4 Å². The summed E-state index contributed by atoms with van der Waals surface area (Å²) in [5, 5.41) is 4.13. The van der Waals surface area contributed by atoms with Gasteiger partial charge >= 0.3 is 0 Å². The summed E-state index contributed by atoms with van der Waals surface area (Å²) < 4.78 is 0. The van der Waals surface area contributed by atoms with Crippen molar-refractivity contribution in [1.82, 2.24) is 0 Å². The number of nitrogens with one attached hydrogen (secondary N) is 1. The summed E-state index contributed by atoms with van der Waals surface area (Å²) in [6.45, 7) is 4.92. The predicted molar refractivity (Wildman–Crippen MR) is 94.2 cm³/mol. The molecule has 2 aromatic rings. The van der Waals surface area contributed by atoms with E-state index in [1.165, 1.54) is 5.56 Å². The van der Waals surface area contributed by atoms with Crippen molar-refractivity contribution < 1.29 is 0 Å². The Labute approximate surface area is 136 Å². The average molecular weight is 309 g/mol. The highest BCUT2D eigenvalue weighted by atomic mass is 35.5. The number of fused-ring (bicyclic) bond motifs is 1. The van der Waals surface area contributed by atoms with Gasteiger partial charge in [-0.05, 0) is 41.5 Å². The molecule has 0 radical (unpaired) electrons. The number of benzene rings is 2. The van der Waals surface area contributed by atoms with Gasteiger partial charge in [0.15, 0.2) is 0 Å². The summed E-state index contributed by atoms with van der Waals surface area (Å²) in [7, 11) is 0. The predicted octanol–water partition coefficient (Wildman–Crippen LogP) is 5.02. The zero-order chi connectivity index (χ0) is 15.5. The van der Waals surface area contributed by atoms with Gasteiger partial charge in [-0.25, -0.2) is 0 Å². The molecular weight excluding hydrogens is 292 g/mol. The number of halogens is 1. The van der Waals surface area contributed by atoms with Crippen LogP contribution in [0.2, 0.25) is 5.02 Å². The van der Waals surface area contributed by atoms with E-state index in [4.69, 9.17) is 11.6 Å². The Morgan fingerprint density at radius 3 is 2.86 bits per heavy atom. The zero-order valence-electron chi connectivity index (χ0n) is 12.7. The van der Waals surface area contributed by atoms with Crippen LogP contribution in [0.4, 0.5) is 11.4 Å². The lowest BCUT2D eigenvalue weighted by Crippen LogP contribution is -1.97. The van der Waals surface area contributed by atoms with Crippen LogP contribution in [0.1, 0.15) is 30.5 Å². The summed E-state index contributed by atoms with van der Waals surface area (Å²) in [5.41, 5.74) is 5.32. The highest BCUT2D eigenvalue weighted by molar-refractivity contribution is 6.30. The van der Waals surface area contributed by atoms with Gasteiger partial charge in [0.05, 0.1) is 12.2 Å². The van der Waals surface area contributed by atoms with Gasteiger partial charge in [0.25, 0.3) is 0 Å². The maximum atomic E-state index is 6.06. The van der Waals surface area contributed by atoms with Crippen LogP contribution in [0.25, 0.3) is 0 Å². The first-order chi connectivity index (χ1) is 10.6. The normalized spacial score (nSPS) is 12.0. The third-order valence-electron chi connectivity index (χ3n) is 3.37. The second kappa shape index (κ2) is 6.25. The molecule has 22 heavy (non-hydrogen) atoms. The molecule has 3 heteroatoms. The molecule has 0 saturated heterocycles. The van der Waals surface area contributed by atoms with Crippen LogP contribution in [-0.2, 0) is 6.54 Å². The van der Waals surface area contributed by atoms with Gasteiger partial charge in [0, 0.05) is 28.4 Å². The first kappa shape index (κ1) is 14.7. The summed E-state index contributed by atoms with van der Waals surface area (Å²) >= 11 is 6.06. The fourth-order valence-electron chi connectivity index (χ4n) is 2.31. The Morgan fingerprint density at radius 1 is 1.23 bits per heavy atom. The molecule has 0 amide bonds. The number of nitrogens with zero attached hydrogens (tertiary/aromatic N) is 1. The Morgan fingerprint density at radius 2 is 2.09 bits per heavy atom. The van der Waals surface area contributed by atoms with E-state index in [0.29, 0.717) is 10.9 Å². The molecule has 1 aliphatic rings. The van der Waals surface area contributed by atoms with Crippen molar-refractivity contribution in [1.29, 1.82) is 0 Å². The third kappa shape index (κ3) is 3.32. The standard InChI is InChI=1S/C19H17ClN2/c1-13(2)6-7-14-8-15-11-21-12-16(15)9-19(14)22-18-5-3-4-17(20)10-18/h3-5,8-10,12-13,22H,11H2,1-2H3. The van der Waals surface area contributed by atoms with Crippen LogP contribution < -0.4 is 5.32 Å². The van der Waals surface area contributed by atoms with Gasteiger partial charge in [-0.2, -0.15) is 0 Å². The number of anilines is 2. The Bertz CT molecular complexity index is 795. The first-order valence-electron chi connectivity index (χ1n) is 7.33. The summed E-state index contributed by atoms with van der Waals surface area (Å²) in [4.78, 5) is 4.33. The molecule has 0 atom stereocenters. The quantitative estimate of drug-likeness (QED) is 0.774. The number of rotatable bonds is 2. The highest BCUT2D eigenvalue weighted by Crippen LogP contribution is 2.27. The van der Waals surface area contributed by atoms with Crippen molar-refractivity contribution in [2.45, 2.75) is 20.4 Å². The van der Waals surface area contributed by atoms with Crippen LogP contribution in [0.3, 0.4) is 0 Å². The third-order valence-corrected chi connectivity index (χ3v) is 3.61. The monoisotopic (exact) mass is 308 g/mol. The molecule has 2 nitrogen and oxygen atoms in total. The maximum absolute atomic E-state index is 6.06. The minimum absolute atomic E-state index is 0.337. The molecule has 0 bridgehead atoms. The average Bonchev–Trinajstić information content (AvgIpc) is 2.92. The van der Waals surface area contributed by atoms with Crippen LogP contribution in [0.5, 0.6) is 0 Å². The molecule has 0 spiro atoms. The lowest BCUT2D eigenvalue weighted by Gasteiger charge is -2.11. The van der Waals surface area contributed by atoms with Crippen molar-refractivity contribution in [2.75, 3.05) is 5.32 Å². The zero-order valence-corrected chi connectivity index (χ0v) is 13.4. The van der Waals surface area contributed by atoms with E-state index in [0.717, 1.165) is 29.0 Å². The van der Waals surface area contributed by atoms with E-state index in [1.807, 2.05) is 30.5 Å². The maximum Gasteiger partial charge on any atom is 0.0646 e. The van der Waals surface area contributed by atoms with E-state index in [9.17, 15) is 0 Å². The summed E-state index contributed by atoms with van der Waals surface area (Å²) in [5.74, 6) is 6.85. The topological polar surface area (TPSA) is 24.4 Å². The van der Waals surface area contributed by atoms with E-state index in [1.54, 1.807) is 0 Å². The number of hydrogen-bond acceptors (Lipinski definition) is 2. The van der Waals surface area contributed by atoms with E-state index in [2.05, 4.69) is 48.1 Å². The van der Waals surface area contributed by atoms with E-state index >= 15 is 0 Å². The largest absolute Gasteiger partial charge is 0.354 e. The molecule has 0 fully saturated rings. The van der Waals surface area contributed by atoms with Gasteiger partial charge in [0.2, 0.25) is 0 Å². The minimum atomic E-state index is 0.337. The molecule has 0 aromatic heterocycles. The number of hydrogen-bond donors (Lipinski definition) is 1. The molecule has 2 aromatic carbocycles. The molecule has 3 rings (SSSR count). The van der Waals surface area contributed by atoms with Crippen molar-refractivity contribution >= 4 is 29.2 Å². The Kier molecular flexibility index (Phi) is 4.18. The molecule has 0 aliphatic carbocycles. The molecular formula is C19H17ClN2. The van der Waals surface area contributed by atoms with Crippen LogP contribution in [0, 0.1) is 17.8 Å². The van der Waals surface area contributed by atoms with Gasteiger partial charge < -0.3 is 5.32 Å². The van der Waals surface area contributed by atoms with Crippen molar-refractivity contribution in [3.8, 4) is 11.8 Å². The fraction of sp³-hybridized carbons (Fsp3) is 0.211. The summed E-state index contributed by atoms with van der Waals surface area (Å²) in [6, 6.07) is 11.9. The molecule has 1 aliphatic heterocycles. The second-order valence-corrected chi connectivity index (χ2v) is 6.06. The van der Waals surface area contributed by atoms with Crippen LogP contribution in [0.15, 0.2) is 41.4 Å². The smallest absolute Gasteiger partial charge is 0.0646 e. The molecule has 1 heterocycles. The Hall–Kier alpha value is -2.24. The van der Waals surface area contributed by atoms with Crippen LogP contribution in [-0.4, -0.2) is 6.21 Å². The lowest BCUT2D eigenvalue weighted by molar-refractivity contribution is 0.866. The SMILES string of the molecule is CC(C)C#Cc1cc2c(cc1Nc1cccc(Cl)c1)C=NC2. The fourth-order valence-corrected chi connectivity index (χ4v) is 2.50. The molecule has 110 valence electrons. The minimum Gasteiger partial charge on any atom is -0.354 e. The summed E-state index contributed by atoms with van der Waals surface area (Å²) in [6.07, 6.45) is 1.91. The van der Waals surface area contributed by atoms with E-state index in [-0.39, 0.29) is 0 Å². The van der Waals surface area contributed by atoms with Crippen molar-refractivity contribution in [3.63, 3.8) is 0 Å². The molecule has 0 unspecified atom stereocenters. The van der Waals surface area contributed by atoms with Crippen molar-refractivity contribution in [3.05, 3.63) is 58.1 Å². The van der Waals surface area contributed by atoms with Crippen LogP contribution >= 0.6 is 11.6 Å². The molecule has 1 N–H and O–H groups in total. The van der Waals surface area contributed by atoms with Gasteiger partial charge in [-0.15, -0.1) is 0 Å². The Balaban J connectivity index is 2.01. The first-order valence-corrected chi connectivity index (χ1v) is 7.70. The lowest BCUT2D eigenvalue weighted by atomic mass is 10.0. The molecule has 0 saturated carbocycles. The van der Waals surface area contributed by atoms with Gasteiger partial charge in [0.1, 0.15) is 0 Å².